The number of allylic oxidation sites excluding steroid dienone is 18. The topological polar surface area (TPSA) is 78.9 Å². The minimum Gasteiger partial charge on any atom is -0.462 e. The van der Waals surface area contributed by atoms with Crippen LogP contribution in [0.3, 0.4) is 0 Å². The predicted octanol–water partition coefficient (Wildman–Crippen LogP) is 17.9. The van der Waals surface area contributed by atoms with Crippen LogP contribution in [0.2, 0.25) is 0 Å². The molecule has 374 valence electrons. The molecule has 0 aromatic heterocycles. The van der Waals surface area contributed by atoms with E-state index in [1.165, 1.54) is 109 Å². The van der Waals surface area contributed by atoms with Gasteiger partial charge in [-0.15, -0.1) is 0 Å². The van der Waals surface area contributed by atoms with Crippen LogP contribution in [0.5, 0.6) is 0 Å². The van der Waals surface area contributed by atoms with Gasteiger partial charge in [-0.05, 0) is 57.8 Å². The van der Waals surface area contributed by atoms with Gasteiger partial charge < -0.3 is 14.2 Å². The summed E-state index contributed by atoms with van der Waals surface area (Å²) in [7, 11) is 0. The maximum absolute atomic E-state index is 12.8. The Morgan fingerprint density at radius 3 is 0.985 bits per heavy atom. The molecule has 0 rings (SSSR count). The SMILES string of the molecule is CC\C=C/C=C\C=C/C=C\C=C\C=C/C=C\CCCCCC(=O)OCC(COC(=O)CCCCC/C=C\C=C/CCCC)OC(=O)CCCCCCCCCCCCCCCCCCCC. The number of carbonyl (C=O) groups excluding carboxylic acids is 3. The van der Waals surface area contributed by atoms with Crippen molar-refractivity contribution in [2.24, 2.45) is 0 Å². The molecule has 0 fully saturated rings. The fourth-order valence-electron chi connectivity index (χ4n) is 7.17. The van der Waals surface area contributed by atoms with Crippen molar-refractivity contribution in [3.63, 3.8) is 0 Å². The first-order valence-corrected chi connectivity index (χ1v) is 27.0. The van der Waals surface area contributed by atoms with Crippen molar-refractivity contribution in [2.75, 3.05) is 13.2 Å². The van der Waals surface area contributed by atoms with Crippen LogP contribution in [0.25, 0.3) is 0 Å². The van der Waals surface area contributed by atoms with Crippen molar-refractivity contribution in [1.29, 1.82) is 0 Å². The van der Waals surface area contributed by atoms with Gasteiger partial charge in [0.05, 0.1) is 0 Å². The third-order valence-electron chi connectivity index (χ3n) is 11.2. The number of ether oxygens (including phenoxy) is 3. The second-order valence-electron chi connectivity index (χ2n) is 17.6. The molecular weight excluding hydrogens is 817 g/mol. The Balaban J connectivity index is 4.47. The minimum absolute atomic E-state index is 0.107. The molecule has 0 aliphatic rings. The molecule has 0 aliphatic heterocycles. The van der Waals surface area contributed by atoms with Crippen molar-refractivity contribution < 1.29 is 28.6 Å². The van der Waals surface area contributed by atoms with Crippen LogP contribution in [-0.2, 0) is 28.6 Å². The maximum atomic E-state index is 12.8. The first-order valence-electron chi connectivity index (χ1n) is 27.0. The lowest BCUT2D eigenvalue weighted by Gasteiger charge is -2.18. The van der Waals surface area contributed by atoms with Gasteiger partial charge >= 0.3 is 17.9 Å². The molecule has 0 N–H and O–H groups in total. The molecule has 1 unspecified atom stereocenters. The number of hydrogen-bond donors (Lipinski definition) is 0. The van der Waals surface area contributed by atoms with E-state index in [2.05, 4.69) is 57.2 Å². The second kappa shape index (κ2) is 53.7. The Morgan fingerprint density at radius 2 is 0.606 bits per heavy atom. The van der Waals surface area contributed by atoms with Gasteiger partial charge in [-0.1, -0.05) is 265 Å². The molecule has 0 aromatic rings. The van der Waals surface area contributed by atoms with E-state index in [0.29, 0.717) is 19.3 Å². The third kappa shape index (κ3) is 51.1. The average molecular weight is 915 g/mol. The molecule has 66 heavy (non-hydrogen) atoms. The molecule has 0 saturated heterocycles. The minimum atomic E-state index is -0.808. The summed E-state index contributed by atoms with van der Waals surface area (Å²) in [6.45, 7) is 6.38. The van der Waals surface area contributed by atoms with E-state index in [-0.39, 0.29) is 31.1 Å². The molecule has 6 heteroatoms. The van der Waals surface area contributed by atoms with Gasteiger partial charge in [0, 0.05) is 19.3 Å². The van der Waals surface area contributed by atoms with Crippen LogP contribution < -0.4 is 0 Å². The van der Waals surface area contributed by atoms with E-state index in [0.717, 1.165) is 83.5 Å². The van der Waals surface area contributed by atoms with Crippen molar-refractivity contribution in [1.82, 2.24) is 0 Å². The third-order valence-corrected chi connectivity index (χ3v) is 11.2. The Morgan fingerprint density at radius 1 is 0.318 bits per heavy atom. The van der Waals surface area contributed by atoms with Crippen LogP contribution in [0.1, 0.15) is 233 Å². The van der Waals surface area contributed by atoms with E-state index in [9.17, 15) is 14.4 Å². The Kier molecular flexibility index (Phi) is 50.5. The second-order valence-corrected chi connectivity index (χ2v) is 17.6. The van der Waals surface area contributed by atoms with Crippen LogP contribution >= 0.6 is 0 Å². The molecule has 0 spiro atoms. The summed E-state index contributed by atoms with van der Waals surface area (Å²) < 4.78 is 16.8. The fraction of sp³-hybridized carbons (Fsp3) is 0.650. The molecule has 0 amide bonds. The predicted molar refractivity (Wildman–Crippen MR) is 283 cm³/mol. The molecular formula is C60H98O6. The van der Waals surface area contributed by atoms with E-state index in [4.69, 9.17) is 14.2 Å². The van der Waals surface area contributed by atoms with Crippen LogP contribution in [-0.4, -0.2) is 37.2 Å². The van der Waals surface area contributed by atoms with Gasteiger partial charge in [0.1, 0.15) is 13.2 Å². The number of carbonyl (C=O) groups is 3. The highest BCUT2D eigenvalue weighted by Crippen LogP contribution is 2.15. The number of hydrogen-bond acceptors (Lipinski definition) is 6. The largest absolute Gasteiger partial charge is 0.462 e. The Bertz CT molecular complexity index is 1370. The molecule has 0 saturated carbocycles. The number of rotatable bonds is 47. The number of esters is 3. The van der Waals surface area contributed by atoms with Crippen LogP contribution in [0.15, 0.2) is 109 Å². The molecule has 6 nitrogen and oxygen atoms in total. The first-order chi connectivity index (χ1) is 32.5. The molecule has 0 bridgehead atoms. The highest BCUT2D eigenvalue weighted by molar-refractivity contribution is 5.71. The highest BCUT2D eigenvalue weighted by Gasteiger charge is 2.19. The lowest BCUT2D eigenvalue weighted by Crippen LogP contribution is -2.30. The molecule has 0 aromatic carbocycles. The quantitative estimate of drug-likeness (QED) is 0.0262. The van der Waals surface area contributed by atoms with Gasteiger partial charge in [-0.2, -0.15) is 0 Å². The standard InChI is InChI=1S/C60H98O6/c1-4-7-10-13-16-19-22-24-26-28-30-32-33-35-38-41-44-47-50-53-59(62)65-56-57(55-64-58(61)52-49-46-43-40-37-21-18-15-12-9-6-3)66-60(63)54-51-48-45-42-39-36-34-31-29-27-25-23-20-17-14-11-8-5-2/h7,10,13,15-16,18-19,21-22,24,26,28,30,32-33,35,37-38,57H,4-6,8-9,11-12,14,17,20,23,25,27,29,31,34,36,39-56H2,1-3H3/b10-7-,16-13-,18-15-,22-19-,26-24-,30-28+,33-32-,37-21-,38-35-. The van der Waals surface area contributed by atoms with E-state index >= 15 is 0 Å². The van der Waals surface area contributed by atoms with Gasteiger partial charge in [-0.25, -0.2) is 0 Å². The monoisotopic (exact) mass is 915 g/mol. The maximum Gasteiger partial charge on any atom is 0.306 e. The summed E-state index contributed by atoms with van der Waals surface area (Å²) in [5, 5.41) is 0. The fourth-order valence-corrected chi connectivity index (χ4v) is 7.17. The van der Waals surface area contributed by atoms with Crippen LogP contribution in [0, 0.1) is 0 Å². The van der Waals surface area contributed by atoms with E-state index in [1.54, 1.807) is 0 Å². The summed E-state index contributed by atoms with van der Waals surface area (Å²) in [5.41, 5.74) is 0. The van der Waals surface area contributed by atoms with Gasteiger partial charge in [0.2, 0.25) is 0 Å². The molecule has 0 radical (unpaired) electrons. The van der Waals surface area contributed by atoms with Crippen molar-refractivity contribution >= 4 is 17.9 Å². The zero-order chi connectivity index (χ0) is 47.9. The van der Waals surface area contributed by atoms with E-state index in [1.807, 2.05) is 72.9 Å². The van der Waals surface area contributed by atoms with E-state index < -0.39 is 6.10 Å². The summed E-state index contributed by atoms with van der Waals surface area (Å²) in [5.74, 6) is -0.978. The smallest absolute Gasteiger partial charge is 0.306 e. The van der Waals surface area contributed by atoms with Gasteiger partial charge in [0.25, 0.3) is 0 Å². The summed E-state index contributed by atoms with van der Waals surface area (Å²) >= 11 is 0. The van der Waals surface area contributed by atoms with Crippen molar-refractivity contribution in [3.05, 3.63) is 109 Å². The van der Waals surface area contributed by atoms with Crippen LogP contribution in [0.4, 0.5) is 0 Å². The number of unbranched alkanes of at least 4 members (excludes halogenated alkanes) is 25. The molecule has 0 aliphatic carbocycles. The summed E-state index contributed by atoms with van der Waals surface area (Å²) in [6.07, 6.45) is 72.2. The van der Waals surface area contributed by atoms with Gasteiger partial charge in [0.15, 0.2) is 6.10 Å². The van der Waals surface area contributed by atoms with Gasteiger partial charge in [-0.3, -0.25) is 14.4 Å². The zero-order valence-electron chi connectivity index (χ0n) is 42.7. The summed E-state index contributed by atoms with van der Waals surface area (Å²) in [4.78, 5) is 38.0. The summed E-state index contributed by atoms with van der Waals surface area (Å²) in [6, 6.07) is 0. The van der Waals surface area contributed by atoms with Crippen molar-refractivity contribution in [3.8, 4) is 0 Å². The Labute approximate surface area is 406 Å². The molecule has 1 atom stereocenters. The zero-order valence-corrected chi connectivity index (χ0v) is 42.7. The lowest BCUT2D eigenvalue weighted by molar-refractivity contribution is -0.167. The molecule has 0 heterocycles. The average Bonchev–Trinajstić information content (AvgIpc) is 3.31. The normalized spacial score (nSPS) is 13.0. The highest BCUT2D eigenvalue weighted by atomic mass is 16.6. The first kappa shape index (κ1) is 62.1. The lowest BCUT2D eigenvalue weighted by atomic mass is 10.0. The van der Waals surface area contributed by atoms with Crippen molar-refractivity contribution in [2.45, 2.75) is 239 Å². The Hall–Kier alpha value is -3.93.